The molecule has 1 aromatic carbocycles. The molecule has 2 aromatic heterocycles. The number of nitro benzene ring substituents is 1. The molecule has 142 valence electrons. The minimum Gasteiger partial charge on any atom is -0.309 e. The lowest BCUT2D eigenvalue weighted by Gasteiger charge is -2.15. The molecular formula is C20H20N6O2. The van der Waals surface area contributed by atoms with E-state index >= 15 is 0 Å². The number of nitro groups is 1. The molecule has 3 heterocycles. The van der Waals surface area contributed by atoms with Gasteiger partial charge in [0.2, 0.25) is 0 Å². The van der Waals surface area contributed by atoms with E-state index in [4.69, 9.17) is 4.99 Å². The molecule has 0 spiro atoms. The number of benzene rings is 1. The van der Waals surface area contributed by atoms with Crippen LogP contribution in [0.25, 0.3) is 5.69 Å². The summed E-state index contributed by atoms with van der Waals surface area (Å²) in [6.07, 6.45) is 4.38. The molecule has 0 unspecified atom stereocenters. The Morgan fingerprint density at radius 3 is 2.79 bits per heavy atom. The zero-order chi connectivity index (χ0) is 19.7. The van der Waals surface area contributed by atoms with Crippen LogP contribution in [0.4, 0.5) is 5.69 Å². The van der Waals surface area contributed by atoms with Crippen LogP contribution in [-0.4, -0.2) is 50.7 Å². The lowest BCUT2D eigenvalue weighted by molar-refractivity contribution is -0.384. The molecule has 0 atom stereocenters. The first kappa shape index (κ1) is 18.0. The molecule has 28 heavy (non-hydrogen) atoms. The van der Waals surface area contributed by atoms with Crippen molar-refractivity contribution < 1.29 is 4.92 Å². The van der Waals surface area contributed by atoms with Crippen molar-refractivity contribution in [2.75, 3.05) is 20.6 Å². The Bertz CT molecular complexity index is 1060. The van der Waals surface area contributed by atoms with Gasteiger partial charge in [-0.2, -0.15) is 0 Å². The lowest BCUT2D eigenvalue weighted by atomic mass is 10.0. The van der Waals surface area contributed by atoms with Crippen molar-refractivity contribution in [3.8, 4) is 5.69 Å². The Balaban J connectivity index is 1.90. The van der Waals surface area contributed by atoms with Gasteiger partial charge in [0.1, 0.15) is 5.82 Å². The number of likely N-dealkylation sites (N-methyl/N-ethyl adjacent to an activating group) is 1. The molecule has 8 nitrogen and oxygen atoms in total. The molecule has 0 N–H and O–H groups in total. The molecule has 4 rings (SSSR count). The van der Waals surface area contributed by atoms with E-state index in [1.54, 1.807) is 18.3 Å². The van der Waals surface area contributed by atoms with Gasteiger partial charge in [-0.1, -0.05) is 6.07 Å². The van der Waals surface area contributed by atoms with Gasteiger partial charge in [-0.15, -0.1) is 0 Å². The standard InChI is InChI=1S/C20H20N6O2/c1-24(2)10-8-15-12-22-19-13-23-20(17-5-3-4-9-21-17)16-11-14(26(27)28)6-7-18(16)25(15)19/h3-7,9,11-12H,8,10,13H2,1-2H3. The average Bonchev–Trinajstić information content (AvgIpc) is 3.02. The van der Waals surface area contributed by atoms with E-state index in [0.717, 1.165) is 30.2 Å². The van der Waals surface area contributed by atoms with E-state index in [1.807, 2.05) is 38.5 Å². The number of fused-ring (bicyclic) bond motifs is 3. The lowest BCUT2D eigenvalue weighted by Crippen LogP contribution is -2.17. The number of aliphatic imine (C=N–C) groups is 1. The molecule has 3 aromatic rings. The summed E-state index contributed by atoms with van der Waals surface area (Å²) in [6, 6.07) is 10.5. The monoisotopic (exact) mass is 376 g/mol. The predicted octanol–water partition coefficient (Wildman–Crippen LogP) is 2.63. The van der Waals surface area contributed by atoms with Gasteiger partial charge in [-0.25, -0.2) is 4.98 Å². The fourth-order valence-corrected chi connectivity index (χ4v) is 3.33. The van der Waals surface area contributed by atoms with Gasteiger partial charge in [0.25, 0.3) is 5.69 Å². The third kappa shape index (κ3) is 3.29. The number of non-ortho nitro benzene ring substituents is 1. The van der Waals surface area contributed by atoms with Gasteiger partial charge in [-0.3, -0.25) is 24.7 Å². The van der Waals surface area contributed by atoms with Gasteiger partial charge in [-0.05, 0) is 32.3 Å². The van der Waals surface area contributed by atoms with Crippen LogP contribution in [-0.2, 0) is 13.0 Å². The highest BCUT2D eigenvalue weighted by molar-refractivity contribution is 6.14. The first-order chi connectivity index (χ1) is 13.5. The molecule has 0 saturated heterocycles. The van der Waals surface area contributed by atoms with Crippen LogP contribution in [0.5, 0.6) is 0 Å². The summed E-state index contributed by atoms with van der Waals surface area (Å²) >= 11 is 0. The summed E-state index contributed by atoms with van der Waals surface area (Å²) < 4.78 is 2.07. The summed E-state index contributed by atoms with van der Waals surface area (Å²) in [6.45, 7) is 1.26. The van der Waals surface area contributed by atoms with Crippen LogP contribution in [0.15, 0.2) is 53.8 Å². The fourth-order valence-electron chi connectivity index (χ4n) is 3.33. The normalized spacial score (nSPS) is 12.9. The maximum Gasteiger partial charge on any atom is 0.270 e. The number of pyridine rings is 1. The highest BCUT2D eigenvalue weighted by Crippen LogP contribution is 2.29. The molecular weight excluding hydrogens is 356 g/mol. The minimum absolute atomic E-state index is 0.0285. The molecule has 0 saturated carbocycles. The third-order valence-corrected chi connectivity index (χ3v) is 4.70. The van der Waals surface area contributed by atoms with Crippen LogP contribution >= 0.6 is 0 Å². The summed E-state index contributed by atoms with van der Waals surface area (Å²) in [7, 11) is 4.05. The van der Waals surface area contributed by atoms with Gasteiger partial charge >= 0.3 is 0 Å². The molecule has 1 aliphatic rings. The highest BCUT2D eigenvalue weighted by atomic mass is 16.6. The van der Waals surface area contributed by atoms with E-state index in [9.17, 15) is 10.1 Å². The quantitative estimate of drug-likeness (QED) is 0.504. The first-order valence-corrected chi connectivity index (χ1v) is 9.00. The zero-order valence-electron chi connectivity index (χ0n) is 15.7. The second kappa shape index (κ2) is 7.32. The van der Waals surface area contributed by atoms with Crippen molar-refractivity contribution in [1.82, 2.24) is 19.4 Å². The van der Waals surface area contributed by atoms with Crippen LogP contribution in [0.3, 0.4) is 0 Å². The topological polar surface area (TPSA) is 89.5 Å². The van der Waals surface area contributed by atoms with E-state index in [-0.39, 0.29) is 10.6 Å². The second-order valence-electron chi connectivity index (χ2n) is 6.89. The Morgan fingerprint density at radius 2 is 2.07 bits per heavy atom. The van der Waals surface area contributed by atoms with E-state index in [0.29, 0.717) is 23.5 Å². The van der Waals surface area contributed by atoms with Gasteiger partial charge in [0.15, 0.2) is 0 Å². The molecule has 8 heteroatoms. The van der Waals surface area contributed by atoms with Crippen LogP contribution < -0.4 is 0 Å². The fraction of sp³-hybridized carbons (Fsp3) is 0.250. The summed E-state index contributed by atoms with van der Waals surface area (Å²) in [5.74, 6) is 0.815. The van der Waals surface area contributed by atoms with Gasteiger partial charge < -0.3 is 4.90 Å². The molecule has 0 aliphatic carbocycles. The van der Waals surface area contributed by atoms with E-state index in [1.165, 1.54) is 6.07 Å². The minimum atomic E-state index is -0.386. The number of aromatic nitrogens is 3. The van der Waals surface area contributed by atoms with Crippen molar-refractivity contribution in [2.24, 2.45) is 4.99 Å². The van der Waals surface area contributed by atoms with Gasteiger partial charge in [0.05, 0.1) is 28.6 Å². The van der Waals surface area contributed by atoms with E-state index in [2.05, 4.69) is 19.4 Å². The summed E-state index contributed by atoms with van der Waals surface area (Å²) in [4.78, 5) is 26.8. The van der Waals surface area contributed by atoms with Crippen LogP contribution in [0.1, 0.15) is 22.8 Å². The van der Waals surface area contributed by atoms with Crippen molar-refractivity contribution in [1.29, 1.82) is 0 Å². The summed E-state index contributed by atoms with van der Waals surface area (Å²) in [5, 5.41) is 11.4. The SMILES string of the molecule is CN(C)CCc1cnc2n1-c1ccc([N+](=O)[O-])cc1C(c1ccccn1)=NC2. The van der Waals surface area contributed by atoms with Crippen molar-refractivity contribution in [3.05, 3.63) is 81.7 Å². The molecule has 0 radical (unpaired) electrons. The van der Waals surface area contributed by atoms with E-state index < -0.39 is 0 Å². The Labute approximate surface area is 162 Å². The smallest absolute Gasteiger partial charge is 0.270 e. The van der Waals surface area contributed by atoms with Crippen LogP contribution in [0.2, 0.25) is 0 Å². The first-order valence-electron chi connectivity index (χ1n) is 9.00. The number of rotatable bonds is 5. The molecule has 1 aliphatic heterocycles. The van der Waals surface area contributed by atoms with Crippen molar-refractivity contribution >= 4 is 11.4 Å². The van der Waals surface area contributed by atoms with Crippen LogP contribution in [0, 0.1) is 10.1 Å². The highest BCUT2D eigenvalue weighted by Gasteiger charge is 2.24. The average molecular weight is 376 g/mol. The number of nitrogens with zero attached hydrogens (tertiary/aromatic N) is 6. The Kier molecular flexibility index (Phi) is 4.70. The van der Waals surface area contributed by atoms with Crippen molar-refractivity contribution in [2.45, 2.75) is 13.0 Å². The zero-order valence-corrected chi connectivity index (χ0v) is 15.7. The molecule has 0 amide bonds. The maximum atomic E-state index is 11.4. The largest absolute Gasteiger partial charge is 0.309 e. The summed E-state index contributed by atoms with van der Waals surface area (Å²) in [5.41, 5.74) is 3.94. The second-order valence-corrected chi connectivity index (χ2v) is 6.89. The Morgan fingerprint density at radius 1 is 1.21 bits per heavy atom. The Hall–Kier alpha value is -3.39. The number of hydrogen-bond acceptors (Lipinski definition) is 6. The molecule has 0 bridgehead atoms. The van der Waals surface area contributed by atoms with Gasteiger partial charge in [0, 0.05) is 48.7 Å². The number of hydrogen-bond donors (Lipinski definition) is 0. The third-order valence-electron chi connectivity index (χ3n) is 4.70. The maximum absolute atomic E-state index is 11.4. The molecule has 0 fully saturated rings. The number of imidazole rings is 1. The van der Waals surface area contributed by atoms with Crippen molar-refractivity contribution in [3.63, 3.8) is 0 Å². The predicted molar refractivity (Wildman–Crippen MR) is 106 cm³/mol.